The Morgan fingerprint density at radius 1 is 1.62 bits per heavy atom. The molecule has 16 heavy (non-hydrogen) atoms. The lowest BCUT2D eigenvalue weighted by molar-refractivity contribution is 0.177. The first-order valence-electron chi connectivity index (χ1n) is 5.21. The van der Waals surface area contributed by atoms with Gasteiger partial charge in [0.05, 0.1) is 17.9 Å². The third kappa shape index (κ3) is 2.01. The number of aromatic nitrogens is 2. The minimum atomic E-state index is -0.396. The summed E-state index contributed by atoms with van der Waals surface area (Å²) in [5.41, 5.74) is 1.83. The van der Waals surface area contributed by atoms with E-state index in [1.165, 1.54) is 11.3 Å². The molecule has 0 aliphatic carbocycles. The zero-order valence-corrected chi connectivity index (χ0v) is 10.1. The van der Waals surface area contributed by atoms with Crippen molar-refractivity contribution in [2.75, 3.05) is 0 Å². The van der Waals surface area contributed by atoms with Crippen molar-refractivity contribution in [3.05, 3.63) is 27.6 Å². The summed E-state index contributed by atoms with van der Waals surface area (Å²) in [6.07, 6.45) is 1.73. The van der Waals surface area contributed by atoms with Gasteiger partial charge in [0.2, 0.25) is 0 Å². The van der Waals surface area contributed by atoms with Gasteiger partial charge in [0, 0.05) is 6.54 Å². The van der Waals surface area contributed by atoms with Crippen LogP contribution in [0.5, 0.6) is 0 Å². The highest BCUT2D eigenvalue weighted by molar-refractivity contribution is 7.17. The number of thiophene rings is 1. The molecule has 2 rings (SSSR count). The van der Waals surface area contributed by atoms with Crippen LogP contribution in [0.4, 0.5) is 0 Å². The van der Waals surface area contributed by atoms with E-state index in [1.807, 2.05) is 12.3 Å². The van der Waals surface area contributed by atoms with Gasteiger partial charge in [-0.1, -0.05) is 0 Å². The molecule has 0 radical (unpaired) electrons. The first-order valence-corrected chi connectivity index (χ1v) is 6.09. The summed E-state index contributed by atoms with van der Waals surface area (Å²) in [6, 6.07) is 0. The van der Waals surface area contributed by atoms with Gasteiger partial charge in [0.25, 0.3) is 5.56 Å². The number of fused-ring (bicyclic) bond motifs is 1. The summed E-state index contributed by atoms with van der Waals surface area (Å²) in [6.45, 7) is 4.17. The SMILES string of the molecule is Cc1csc2c(=O)n(CCC(C)O)cnc12. The summed E-state index contributed by atoms with van der Waals surface area (Å²) in [5, 5.41) is 11.1. The maximum absolute atomic E-state index is 12.0. The highest BCUT2D eigenvalue weighted by Gasteiger charge is 2.08. The van der Waals surface area contributed by atoms with Crippen LogP contribution < -0.4 is 5.56 Å². The van der Waals surface area contributed by atoms with Crippen LogP contribution >= 0.6 is 11.3 Å². The van der Waals surface area contributed by atoms with Gasteiger partial charge in [0.1, 0.15) is 4.70 Å². The lowest BCUT2D eigenvalue weighted by Crippen LogP contribution is -2.21. The van der Waals surface area contributed by atoms with Crippen molar-refractivity contribution in [3.63, 3.8) is 0 Å². The topological polar surface area (TPSA) is 55.1 Å². The van der Waals surface area contributed by atoms with Crippen LogP contribution in [0.15, 0.2) is 16.5 Å². The summed E-state index contributed by atoms with van der Waals surface area (Å²) in [5.74, 6) is 0. The van der Waals surface area contributed by atoms with Crippen LogP contribution in [0.3, 0.4) is 0 Å². The molecule has 5 heteroatoms. The van der Waals surface area contributed by atoms with Crippen LogP contribution in [0.1, 0.15) is 18.9 Å². The molecular weight excluding hydrogens is 224 g/mol. The zero-order valence-electron chi connectivity index (χ0n) is 9.30. The molecular formula is C11H14N2O2S. The summed E-state index contributed by atoms with van der Waals surface area (Å²) in [7, 11) is 0. The van der Waals surface area contributed by atoms with E-state index in [1.54, 1.807) is 17.8 Å². The first-order chi connectivity index (χ1) is 7.59. The van der Waals surface area contributed by atoms with Crippen LogP contribution in [0, 0.1) is 6.92 Å². The van der Waals surface area contributed by atoms with Gasteiger partial charge in [-0.3, -0.25) is 9.36 Å². The average molecular weight is 238 g/mol. The number of aliphatic hydroxyl groups excluding tert-OH is 1. The lowest BCUT2D eigenvalue weighted by Gasteiger charge is -2.06. The van der Waals surface area contributed by atoms with E-state index in [0.29, 0.717) is 17.7 Å². The molecule has 1 N–H and O–H groups in total. The average Bonchev–Trinajstić information content (AvgIpc) is 2.60. The van der Waals surface area contributed by atoms with E-state index in [4.69, 9.17) is 0 Å². The second-order valence-corrected chi connectivity index (χ2v) is 4.86. The van der Waals surface area contributed by atoms with Gasteiger partial charge < -0.3 is 5.11 Å². The Morgan fingerprint density at radius 2 is 2.38 bits per heavy atom. The third-order valence-electron chi connectivity index (χ3n) is 2.51. The minimum absolute atomic E-state index is 0.0104. The second-order valence-electron chi connectivity index (χ2n) is 3.98. The Hall–Kier alpha value is -1.20. The Kier molecular flexibility index (Phi) is 3.07. The van der Waals surface area contributed by atoms with Crippen molar-refractivity contribution in [2.24, 2.45) is 0 Å². The van der Waals surface area contributed by atoms with Crippen molar-refractivity contribution >= 4 is 21.6 Å². The molecule has 1 atom stereocenters. The van der Waals surface area contributed by atoms with Crippen LogP contribution in [-0.4, -0.2) is 20.8 Å². The predicted molar refractivity (Wildman–Crippen MR) is 64.9 cm³/mol. The zero-order chi connectivity index (χ0) is 11.7. The van der Waals surface area contributed by atoms with E-state index in [2.05, 4.69) is 4.98 Å². The van der Waals surface area contributed by atoms with Crippen LogP contribution in [-0.2, 0) is 6.54 Å². The maximum atomic E-state index is 12.0. The first kappa shape index (κ1) is 11.3. The molecule has 0 aliphatic rings. The van der Waals surface area contributed by atoms with Gasteiger partial charge in [0.15, 0.2) is 0 Å². The quantitative estimate of drug-likeness (QED) is 0.882. The molecule has 0 amide bonds. The van der Waals surface area contributed by atoms with Gasteiger partial charge in [-0.05, 0) is 31.2 Å². The van der Waals surface area contributed by atoms with Gasteiger partial charge in [-0.15, -0.1) is 11.3 Å². The molecule has 0 aliphatic heterocycles. The number of rotatable bonds is 3. The Morgan fingerprint density at radius 3 is 3.06 bits per heavy atom. The Labute approximate surface area is 97.2 Å². The highest BCUT2D eigenvalue weighted by atomic mass is 32.1. The molecule has 86 valence electrons. The molecule has 0 aromatic carbocycles. The van der Waals surface area contributed by atoms with Crippen molar-refractivity contribution in [1.82, 2.24) is 9.55 Å². The van der Waals surface area contributed by atoms with Gasteiger partial charge in [-0.25, -0.2) is 4.98 Å². The van der Waals surface area contributed by atoms with E-state index < -0.39 is 6.10 Å². The van der Waals surface area contributed by atoms with E-state index >= 15 is 0 Å². The van der Waals surface area contributed by atoms with Crippen LogP contribution in [0.2, 0.25) is 0 Å². The third-order valence-corrected chi connectivity index (χ3v) is 3.59. The molecule has 2 aromatic heterocycles. The fraction of sp³-hybridized carbons (Fsp3) is 0.455. The normalized spacial score (nSPS) is 13.2. The monoisotopic (exact) mass is 238 g/mol. The molecule has 2 heterocycles. The number of hydrogen-bond donors (Lipinski definition) is 1. The predicted octanol–water partition coefficient (Wildman–Crippen LogP) is 1.54. The summed E-state index contributed by atoms with van der Waals surface area (Å²) >= 11 is 1.43. The molecule has 0 fully saturated rings. The summed E-state index contributed by atoms with van der Waals surface area (Å²) < 4.78 is 2.26. The smallest absolute Gasteiger partial charge is 0.271 e. The number of aliphatic hydroxyl groups is 1. The van der Waals surface area contributed by atoms with Gasteiger partial charge in [-0.2, -0.15) is 0 Å². The van der Waals surface area contributed by atoms with Gasteiger partial charge >= 0.3 is 0 Å². The molecule has 0 saturated heterocycles. The number of hydrogen-bond acceptors (Lipinski definition) is 4. The lowest BCUT2D eigenvalue weighted by atomic mass is 10.3. The van der Waals surface area contributed by atoms with Crippen molar-refractivity contribution < 1.29 is 5.11 Å². The number of aryl methyl sites for hydroxylation is 2. The number of nitrogens with zero attached hydrogens (tertiary/aromatic N) is 2. The molecule has 1 unspecified atom stereocenters. The molecule has 0 saturated carbocycles. The Balaban J connectivity index is 2.41. The fourth-order valence-electron chi connectivity index (χ4n) is 1.55. The van der Waals surface area contributed by atoms with Crippen molar-refractivity contribution in [3.8, 4) is 0 Å². The molecule has 0 bridgehead atoms. The minimum Gasteiger partial charge on any atom is -0.393 e. The van der Waals surface area contributed by atoms with Crippen molar-refractivity contribution in [2.45, 2.75) is 32.9 Å². The highest BCUT2D eigenvalue weighted by Crippen LogP contribution is 2.19. The molecule has 4 nitrogen and oxygen atoms in total. The fourth-order valence-corrected chi connectivity index (χ4v) is 2.50. The standard InChI is InChI=1S/C11H14N2O2S/c1-7-5-16-10-9(7)12-6-13(11(10)15)4-3-8(2)14/h5-6,8,14H,3-4H2,1-2H3. The van der Waals surface area contributed by atoms with E-state index in [-0.39, 0.29) is 5.56 Å². The van der Waals surface area contributed by atoms with Crippen LogP contribution in [0.25, 0.3) is 10.2 Å². The molecule has 2 aromatic rings. The van der Waals surface area contributed by atoms with E-state index in [9.17, 15) is 9.90 Å². The molecule has 0 spiro atoms. The van der Waals surface area contributed by atoms with Crippen molar-refractivity contribution in [1.29, 1.82) is 0 Å². The second kappa shape index (κ2) is 4.35. The maximum Gasteiger partial charge on any atom is 0.271 e. The van der Waals surface area contributed by atoms with E-state index in [0.717, 1.165) is 11.1 Å². The Bertz CT molecular complexity index is 557. The largest absolute Gasteiger partial charge is 0.393 e. The summed E-state index contributed by atoms with van der Waals surface area (Å²) in [4.78, 5) is 16.3.